The van der Waals surface area contributed by atoms with Gasteiger partial charge in [-0.15, -0.1) is 0 Å². The highest BCUT2D eigenvalue weighted by molar-refractivity contribution is 5.74. The van der Waals surface area contributed by atoms with E-state index in [0.29, 0.717) is 19.1 Å². The summed E-state index contributed by atoms with van der Waals surface area (Å²) in [6.45, 7) is 1.84. The van der Waals surface area contributed by atoms with Crippen LogP contribution >= 0.6 is 0 Å². The highest BCUT2D eigenvalue weighted by atomic mass is 16.3. The maximum absolute atomic E-state index is 12.1. The molecule has 21 heavy (non-hydrogen) atoms. The Kier molecular flexibility index (Phi) is 5.59. The number of carbonyl (C=O) groups excluding carboxylic acids is 1. The van der Waals surface area contributed by atoms with Gasteiger partial charge in [0.25, 0.3) is 0 Å². The fraction of sp³-hybridized carbons (Fsp3) is 0.562. The molecule has 5 heteroatoms. The first-order valence-corrected chi connectivity index (χ1v) is 7.48. The molecule has 2 rings (SSSR count). The number of nitrogens with one attached hydrogen (secondary N) is 1. The van der Waals surface area contributed by atoms with E-state index in [2.05, 4.69) is 22.3 Å². The van der Waals surface area contributed by atoms with Crippen molar-refractivity contribution in [3.05, 3.63) is 35.4 Å². The third kappa shape index (κ3) is 5.02. The van der Waals surface area contributed by atoms with Crippen LogP contribution in [-0.4, -0.2) is 54.2 Å². The molecule has 0 bridgehead atoms. The summed E-state index contributed by atoms with van der Waals surface area (Å²) in [5.41, 5.74) is 2.34. The molecule has 0 atom stereocenters. The van der Waals surface area contributed by atoms with Gasteiger partial charge in [-0.1, -0.05) is 24.3 Å². The maximum Gasteiger partial charge on any atom is 0.317 e. The normalized spacial score (nSPS) is 14.3. The summed E-state index contributed by atoms with van der Waals surface area (Å²) in [6.07, 6.45) is 2.09. The van der Waals surface area contributed by atoms with Crippen molar-refractivity contribution in [2.45, 2.75) is 32.0 Å². The van der Waals surface area contributed by atoms with E-state index in [1.54, 1.807) is 4.90 Å². The number of aliphatic hydroxyl groups excluding tert-OH is 1. The van der Waals surface area contributed by atoms with E-state index < -0.39 is 0 Å². The summed E-state index contributed by atoms with van der Waals surface area (Å²) in [4.78, 5) is 16.0. The average molecular weight is 291 g/mol. The van der Waals surface area contributed by atoms with Crippen LogP contribution in [0.4, 0.5) is 4.79 Å². The van der Waals surface area contributed by atoms with Gasteiger partial charge in [-0.05, 0) is 38.1 Å². The lowest BCUT2D eigenvalue weighted by Gasteiger charge is -2.22. The number of hydrogen-bond acceptors (Lipinski definition) is 3. The van der Waals surface area contributed by atoms with Crippen LogP contribution in [0, 0.1) is 0 Å². The molecule has 1 aromatic carbocycles. The lowest BCUT2D eigenvalue weighted by atomic mass is 10.1. The average Bonchev–Trinajstić information content (AvgIpc) is 3.26. The Bertz CT molecular complexity index is 472. The summed E-state index contributed by atoms with van der Waals surface area (Å²) in [5.74, 6) is 0. The van der Waals surface area contributed by atoms with Crippen LogP contribution in [0.3, 0.4) is 0 Å². The summed E-state index contributed by atoms with van der Waals surface area (Å²) in [6, 6.07) is 8.49. The third-order valence-corrected chi connectivity index (χ3v) is 3.52. The van der Waals surface area contributed by atoms with Crippen molar-refractivity contribution in [3.8, 4) is 0 Å². The first-order chi connectivity index (χ1) is 10.1. The number of aliphatic hydroxyl groups is 1. The molecule has 1 aliphatic rings. The van der Waals surface area contributed by atoms with Crippen LogP contribution in [0.2, 0.25) is 0 Å². The van der Waals surface area contributed by atoms with Crippen LogP contribution < -0.4 is 5.32 Å². The standard InChI is InChI=1S/C16H25N3O2/c1-18(2)12-14-5-3-4-13(10-14)11-17-16(21)19(8-9-20)15-6-7-15/h3-5,10,15,20H,6-9,11-12H2,1-2H3,(H,17,21). The van der Waals surface area contributed by atoms with Gasteiger partial charge < -0.3 is 20.2 Å². The van der Waals surface area contributed by atoms with E-state index in [1.165, 1.54) is 5.56 Å². The zero-order valence-electron chi connectivity index (χ0n) is 12.9. The van der Waals surface area contributed by atoms with Gasteiger partial charge >= 0.3 is 6.03 Å². The van der Waals surface area contributed by atoms with Crippen molar-refractivity contribution < 1.29 is 9.90 Å². The predicted molar refractivity (Wildman–Crippen MR) is 82.9 cm³/mol. The van der Waals surface area contributed by atoms with E-state index in [0.717, 1.165) is 24.9 Å². The molecular weight excluding hydrogens is 266 g/mol. The second-order valence-electron chi connectivity index (χ2n) is 5.86. The number of amides is 2. The van der Waals surface area contributed by atoms with Crippen LogP contribution in [0.15, 0.2) is 24.3 Å². The molecule has 1 fully saturated rings. The molecule has 1 saturated carbocycles. The van der Waals surface area contributed by atoms with Gasteiger partial charge in [0.2, 0.25) is 0 Å². The largest absolute Gasteiger partial charge is 0.395 e. The predicted octanol–water partition coefficient (Wildman–Crippen LogP) is 1.41. The molecule has 0 heterocycles. The van der Waals surface area contributed by atoms with Gasteiger partial charge in [0.15, 0.2) is 0 Å². The number of benzene rings is 1. The van der Waals surface area contributed by atoms with Gasteiger partial charge in [-0.3, -0.25) is 0 Å². The van der Waals surface area contributed by atoms with Gasteiger partial charge in [-0.2, -0.15) is 0 Å². The minimum absolute atomic E-state index is 0.0161. The van der Waals surface area contributed by atoms with Gasteiger partial charge in [0.05, 0.1) is 6.61 Å². The molecule has 116 valence electrons. The van der Waals surface area contributed by atoms with Crippen molar-refractivity contribution in [2.75, 3.05) is 27.2 Å². The molecule has 1 aromatic rings. The molecule has 5 nitrogen and oxygen atoms in total. The van der Waals surface area contributed by atoms with Gasteiger partial charge in [-0.25, -0.2) is 4.79 Å². The molecule has 0 unspecified atom stereocenters. The minimum atomic E-state index is -0.0791. The minimum Gasteiger partial charge on any atom is -0.395 e. The molecule has 0 aliphatic heterocycles. The first-order valence-electron chi connectivity index (χ1n) is 7.48. The van der Waals surface area contributed by atoms with E-state index in [9.17, 15) is 4.79 Å². The zero-order valence-corrected chi connectivity index (χ0v) is 12.9. The van der Waals surface area contributed by atoms with Gasteiger partial charge in [0.1, 0.15) is 0 Å². The van der Waals surface area contributed by atoms with E-state index in [4.69, 9.17) is 5.11 Å². The molecule has 0 saturated heterocycles. The Balaban J connectivity index is 1.88. The fourth-order valence-corrected chi connectivity index (χ4v) is 2.43. The zero-order chi connectivity index (χ0) is 15.2. The fourth-order valence-electron chi connectivity index (χ4n) is 2.43. The topological polar surface area (TPSA) is 55.8 Å². The lowest BCUT2D eigenvalue weighted by Crippen LogP contribution is -2.42. The smallest absolute Gasteiger partial charge is 0.317 e. The second-order valence-corrected chi connectivity index (χ2v) is 5.86. The summed E-state index contributed by atoms with van der Waals surface area (Å²) in [5, 5.41) is 12.0. The molecule has 0 aromatic heterocycles. The Morgan fingerprint density at radius 1 is 1.33 bits per heavy atom. The highest BCUT2D eigenvalue weighted by Crippen LogP contribution is 2.26. The quantitative estimate of drug-likeness (QED) is 0.799. The van der Waals surface area contributed by atoms with Crippen molar-refractivity contribution in [1.82, 2.24) is 15.1 Å². The summed E-state index contributed by atoms with van der Waals surface area (Å²) in [7, 11) is 4.08. The van der Waals surface area contributed by atoms with Crippen molar-refractivity contribution in [2.24, 2.45) is 0 Å². The number of nitrogens with zero attached hydrogens (tertiary/aromatic N) is 2. The Morgan fingerprint density at radius 2 is 2.05 bits per heavy atom. The summed E-state index contributed by atoms with van der Waals surface area (Å²) < 4.78 is 0. The molecule has 0 spiro atoms. The van der Waals surface area contributed by atoms with Crippen LogP contribution in [0.25, 0.3) is 0 Å². The van der Waals surface area contributed by atoms with Crippen LogP contribution in [0.5, 0.6) is 0 Å². The SMILES string of the molecule is CN(C)Cc1cccc(CNC(=O)N(CCO)C2CC2)c1. The second kappa shape index (κ2) is 7.43. The maximum atomic E-state index is 12.1. The number of rotatable bonds is 7. The first kappa shape index (κ1) is 15.8. The Morgan fingerprint density at radius 3 is 2.67 bits per heavy atom. The van der Waals surface area contributed by atoms with Crippen LogP contribution in [-0.2, 0) is 13.1 Å². The molecular formula is C16H25N3O2. The molecule has 2 N–H and O–H groups in total. The molecule has 1 aliphatic carbocycles. The van der Waals surface area contributed by atoms with Gasteiger partial charge in [0, 0.05) is 25.7 Å². The summed E-state index contributed by atoms with van der Waals surface area (Å²) >= 11 is 0. The van der Waals surface area contributed by atoms with Crippen molar-refractivity contribution in [1.29, 1.82) is 0 Å². The lowest BCUT2D eigenvalue weighted by molar-refractivity contribution is 0.173. The Labute approximate surface area is 126 Å². The van der Waals surface area contributed by atoms with E-state index in [1.807, 2.05) is 26.2 Å². The van der Waals surface area contributed by atoms with Crippen LogP contribution in [0.1, 0.15) is 24.0 Å². The highest BCUT2D eigenvalue weighted by Gasteiger charge is 2.31. The van der Waals surface area contributed by atoms with E-state index >= 15 is 0 Å². The number of urea groups is 1. The monoisotopic (exact) mass is 291 g/mol. The third-order valence-electron chi connectivity index (χ3n) is 3.52. The number of carbonyl (C=O) groups is 1. The van der Waals surface area contributed by atoms with Crippen molar-refractivity contribution in [3.63, 3.8) is 0 Å². The molecule has 0 radical (unpaired) electrons. The Hall–Kier alpha value is -1.59. The molecule has 2 amide bonds. The van der Waals surface area contributed by atoms with E-state index in [-0.39, 0.29) is 12.6 Å². The number of hydrogen-bond donors (Lipinski definition) is 2. The van der Waals surface area contributed by atoms with Crippen molar-refractivity contribution >= 4 is 6.03 Å².